The highest BCUT2D eigenvalue weighted by molar-refractivity contribution is 6.31. The molecule has 0 saturated carbocycles. The Labute approximate surface area is 145 Å². The molecule has 0 atom stereocenters. The number of hydrogen-bond acceptors (Lipinski definition) is 2. The topological polar surface area (TPSA) is 49.3 Å². The number of benzene rings is 3. The Morgan fingerprint density at radius 3 is 2.42 bits per heavy atom. The molecule has 3 aromatic rings. The number of nitrogens with one attached hydrogen (secondary N) is 1. The van der Waals surface area contributed by atoms with Gasteiger partial charge in [-0.2, -0.15) is 0 Å². The maximum absolute atomic E-state index is 11.3. The van der Waals surface area contributed by atoms with Gasteiger partial charge in [0.1, 0.15) is 0 Å². The quantitative estimate of drug-likeness (QED) is 0.662. The van der Waals surface area contributed by atoms with Crippen LogP contribution in [0.15, 0.2) is 72.8 Å². The molecule has 4 heteroatoms. The van der Waals surface area contributed by atoms with Gasteiger partial charge >= 0.3 is 5.97 Å². The van der Waals surface area contributed by atoms with Gasteiger partial charge in [-0.15, -0.1) is 0 Å². The zero-order valence-electron chi connectivity index (χ0n) is 12.9. The van der Waals surface area contributed by atoms with Crippen LogP contribution < -0.4 is 5.32 Å². The Hall–Kier alpha value is -2.78. The van der Waals surface area contributed by atoms with E-state index in [9.17, 15) is 9.90 Å². The number of hydrogen-bond donors (Lipinski definition) is 2. The molecule has 3 nitrogen and oxygen atoms in total. The van der Waals surface area contributed by atoms with Crippen molar-refractivity contribution < 1.29 is 9.90 Å². The number of rotatable bonds is 5. The summed E-state index contributed by atoms with van der Waals surface area (Å²) in [6.07, 6.45) is 0. The minimum atomic E-state index is -1.00. The molecule has 0 aliphatic rings. The largest absolute Gasteiger partial charge is 0.478 e. The second-order valence-electron chi connectivity index (χ2n) is 5.42. The van der Waals surface area contributed by atoms with Crippen LogP contribution in [-0.4, -0.2) is 11.1 Å². The van der Waals surface area contributed by atoms with E-state index >= 15 is 0 Å². The fourth-order valence-electron chi connectivity index (χ4n) is 2.54. The van der Waals surface area contributed by atoms with Crippen molar-refractivity contribution in [2.45, 2.75) is 6.54 Å². The average molecular weight is 338 g/mol. The Morgan fingerprint density at radius 1 is 0.917 bits per heavy atom. The predicted octanol–water partition coefficient (Wildman–Crippen LogP) is 5.32. The van der Waals surface area contributed by atoms with Gasteiger partial charge in [-0.1, -0.05) is 60.1 Å². The van der Waals surface area contributed by atoms with Crippen molar-refractivity contribution in [2.24, 2.45) is 0 Å². The smallest absolute Gasteiger partial charge is 0.337 e. The summed E-state index contributed by atoms with van der Waals surface area (Å²) >= 11 is 5.88. The number of halogens is 1. The summed E-state index contributed by atoms with van der Waals surface area (Å²) in [5.74, 6) is -1.00. The Morgan fingerprint density at radius 2 is 1.67 bits per heavy atom. The van der Waals surface area contributed by atoms with E-state index in [1.165, 1.54) is 6.07 Å². The summed E-state index contributed by atoms with van der Waals surface area (Å²) in [5.41, 5.74) is 4.07. The lowest BCUT2D eigenvalue weighted by molar-refractivity contribution is 0.0698. The van der Waals surface area contributed by atoms with Gasteiger partial charge in [0.2, 0.25) is 0 Å². The molecule has 0 unspecified atom stereocenters. The number of carbonyl (C=O) groups is 1. The third-order valence-corrected chi connectivity index (χ3v) is 3.96. The lowest BCUT2D eigenvalue weighted by Crippen LogP contribution is -2.06. The van der Waals surface area contributed by atoms with E-state index < -0.39 is 5.97 Å². The predicted molar refractivity (Wildman–Crippen MR) is 97.6 cm³/mol. The molecule has 0 aliphatic heterocycles. The van der Waals surface area contributed by atoms with Gasteiger partial charge in [0, 0.05) is 17.3 Å². The van der Waals surface area contributed by atoms with Gasteiger partial charge in [-0.3, -0.25) is 0 Å². The normalized spacial score (nSPS) is 10.4. The highest BCUT2D eigenvalue weighted by Crippen LogP contribution is 2.23. The first-order valence-corrected chi connectivity index (χ1v) is 7.92. The molecular weight excluding hydrogens is 322 g/mol. The Bertz CT molecular complexity index is 863. The van der Waals surface area contributed by atoms with E-state index in [1.54, 1.807) is 12.1 Å². The third-order valence-electron chi connectivity index (χ3n) is 3.73. The first-order chi connectivity index (χ1) is 11.6. The van der Waals surface area contributed by atoms with Crippen molar-refractivity contribution in [1.29, 1.82) is 0 Å². The zero-order valence-corrected chi connectivity index (χ0v) is 13.6. The summed E-state index contributed by atoms with van der Waals surface area (Å²) in [6.45, 7) is 0.530. The number of anilines is 1. The van der Waals surface area contributed by atoms with Crippen LogP contribution in [0, 0.1) is 0 Å². The second kappa shape index (κ2) is 7.20. The second-order valence-corrected chi connectivity index (χ2v) is 5.85. The summed E-state index contributed by atoms with van der Waals surface area (Å²) in [6, 6.07) is 23.1. The van der Waals surface area contributed by atoms with Crippen LogP contribution in [-0.2, 0) is 6.54 Å². The number of carboxylic acid groups (broad SMARTS) is 1. The molecule has 120 valence electrons. The lowest BCUT2D eigenvalue weighted by atomic mass is 10.0. The molecule has 0 aliphatic carbocycles. The van der Waals surface area contributed by atoms with Crippen LogP contribution in [0.1, 0.15) is 15.9 Å². The van der Waals surface area contributed by atoms with Gasteiger partial charge in [0.15, 0.2) is 0 Å². The molecule has 3 aromatic carbocycles. The molecule has 0 aromatic heterocycles. The first kappa shape index (κ1) is 16.1. The molecule has 0 fully saturated rings. The minimum Gasteiger partial charge on any atom is -0.478 e. The van der Waals surface area contributed by atoms with Crippen molar-refractivity contribution in [3.63, 3.8) is 0 Å². The van der Waals surface area contributed by atoms with E-state index in [4.69, 9.17) is 11.6 Å². The third kappa shape index (κ3) is 3.76. The molecule has 24 heavy (non-hydrogen) atoms. The molecule has 0 bridgehead atoms. The van der Waals surface area contributed by atoms with Crippen LogP contribution >= 0.6 is 11.6 Å². The molecule has 0 radical (unpaired) electrons. The van der Waals surface area contributed by atoms with Crippen LogP contribution in [0.25, 0.3) is 11.1 Å². The van der Waals surface area contributed by atoms with E-state index in [0.717, 1.165) is 16.7 Å². The number of aromatic carboxylic acids is 1. The van der Waals surface area contributed by atoms with Crippen molar-refractivity contribution >= 4 is 23.3 Å². The van der Waals surface area contributed by atoms with Crippen molar-refractivity contribution in [3.05, 3.63) is 88.9 Å². The molecule has 0 amide bonds. The van der Waals surface area contributed by atoms with Gasteiger partial charge in [0.05, 0.1) is 5.56 Å². The van der Waals surface area contributed by atoms with Crippen molar-refractivity contribution in [1.82, 2.24) is 0 Å². The Kier molecular flexibility index (Phi) is 4.82. The SMILES string of the molecule is O=C(O)c1cc(Cl)ccc1NCc1cccc(-c2ccccc2)c1. The van der Waals surface area contributed by atoms with E-state index in [0.29, 0.717) is 17.3 Å². The first-order valence-electron chi connectivity index (χ1n) is 7.54. The van der Waals surface area contributed by atoms with Crippen molar-refractivity contribution in [3.8, 4) is 11.1 Å². The molecule has 0 heterocycles. The van der Waals surface area contributed by atoms with Gasteiger partial charge in [-0.25, -0.2) is 4.79 Å². The van der Waals surface area contributed by atoms with E-state index in [1.807, 2.05) is 30.3 Å². The Balaban J connectivity index is 1.80. The fraction of sp³-hybridized carbons (Fsp3) is 0.0500. The van der Waals surface area contributed by atoms with Crippen LogP contribution in [0.5, 0.6) is 0 Å². The average Bonchev–Trinajstić information content (AvgIpc) is 2.61. The van der Waals surface area contributed by atoms with Gasteiger partial charge in [-0.05, 0) is 41.0 Å². The summed E-state index contributed by atoms with van der Waals surface area (Å²) < 4.78 is 0. The molecule has 0 spiro atoms. The summed E-state index contributed by atoms with van der Waals surface area (Å²) in [4.78, 5) is 11.3. The van der Waals surface area contributed by atoms with Gasteiger partial charge < -0.3 is 10.4 Å². The summed E-state index contributed by atoms with van der Waals surface area (Å²) in [7, 11) is 0. The molecule has 2 N–H and O–H groups in total. The summed E-state index contributed by atoms with van der Waals surface area (Å²) in [5, 5.41) is 12.9. The van der Waals surface area contributed by atoms with Crippen LogP contribution in [0.4, 0.5) is 5.69 Å². The molecule has 0 saturated heterocycles. The van der Waals surface area contributed by atoms with Crippen LogP contribution in [0.2, 0.25) is 5.02 Å². The fourth-order valence-corrected chi connectivity index (χ4v) is 2.71. The highest BCUT2D eigenvalue weighted by atomic mass is 35.5. The van der Waals surface area contributed by atoms with Crippen molar-refractivity contribution in [2.75, 3.05) is 5.32 Å². The maximum Gasteiger partial charge on any atom is 0.337 e. The monoisotopic (exact) mass is 337 g/mol. The van der Waals surface area contributed by atoms with E-state index in [2.05, 4.69) is 29.6 Å². The zero-order chi connectivity index (χ0) is 16.9. The minimum absolute atomic E-state index is 0.168. The highest BCUT2D eigenvalue weighted by Gasteiger charge is 2.10. The number of carboxylic acids is 1. The maximum atomic E-state index is 11.3. The van der Waals surface area contributed by atoms with E-state index in [-0.39, 0.29) is 5.56 Å². The van der Waals surface area contributed by atoms with Gasteiger partial charge in [0.25, 0.3) is 0 Å². The molecular formula is C20H16ClNO2. The lowest BCUT2D eigenvalue weighted by Gasteiger charge is -2.11. The molecule has 3 rings (SSSR count). The van der Waals surface area contributed by atoms with Crippen LogP contribution in [0.3, 0.4) is 0 Å². The standard InChI is InChI=1S/C20H16ClNO2/c21-17-9-10-19(18(12-17)20(23)24)22-13-14-5-4-8-16(11-14)15-6-2-1-3-7-15/h1-12,22H,13H2,(H,23,24).